The smallest absolute Gasteiger partial charge is 0.325 e. The zero-order valence-corrected chi connectivity index (χ0v) is 47.0. The number of likely N-dealkylation sites (tertiary alicyclic amines) is 1. The number of rotatable bonds is 40. The summed E-state index contributed by atoms with van der Waals surface area (Å²) >= 11 is 0. The Hall–Kier alpha value is -7.78. The van der Waals surface area contributed by atoms with Crippen LogP contribution < -0.4 is 82.3 Å². The normalized spacial score (nSPS) is 16.5. The average Bonchev–Trinajstić information content (AvgIpc) is 3.92. The molecule has 33 nitrogen and oxygen atoms in total. The largest absolute Gasteiger partial charge is 0.481 e. The first-order chi connectivity index (χ1) is 38.6. The van der Waals surface area contributed by atoms with Crippen molar-refractivity contribution in [3.05, 3.63) is 0 Å². The molecule has 11 amide bonds. The number of amides is 11. The van der Waals surface area contributed by atoms with E-state index in [1.807, 2.05) is 6.92 Å². The van der Waals surface area contributed by atoms with Crippen molar-refractivity contribution in [2.24, 2.45) is 45.3 Å². The highest BCUT2D eigenvalue weighted by Crippen LogP contribution is 2.20. The molecule has 0 unspecified atom stereocenters. The van der Waals surface area contributed by atoms with E-state index in [1.54, 1.807) is 6.92 Å². The highest BCUT2D eigenvalue weighted by molar-refractivity contribution is 5.99. The van der Waals surface area contributed by atoms with E-state index in [4.69, 9.17) is 34.4 Å². The van der Waals surface area contributed by atoms with Gasteiger partial charge in [0.05, 0.1) is 25.6 Å². The predicted molar refractivity (Wildman–Crippen MR) is 293 cm³/mol. The van der Waals surface area contributed by atoms with Gasteiger partial charge in [0.15, 0.2) is 5.96 Å². The van der Waals surface area contributed by atoms with E-state index in [0.29, 0.717) is 25.7 Å². The average molecular weight is 1170 g/mol. The zero-order valence-electron chi connectivity index (χ0n) is 47.0. The molecule has 82 heavy (non-hydrogen) atoms. The molecule has 1 rings (SSSR count). The molecule has 0 aromatic rings. The fraction of sp³-hybridized carbons (Fsp3) is 0.714. The van der Waals surface area contributed by atoms with Crippen LogP contribution in [0.3, 0.4) is 0 Å². The number of nitrogens with zero attached hydrogens (tertiary/aromatic N) is 2. The lowest BCUT2D eigenvalue weighted by Crippen LogP contribution is -2.60. The van der Waals surface area contributed by atoms with Crippen molar-refractivity contribution in [3.8, 4) is 0 Å². The topological polar surface area (TPSA) is 563 Å². The molecule has 1 aliphatic rings. The highest BCUT2D eigenvalue weighted by Gasteiger charge is 2.40. The summed E-state index contributed by atoms with van der Waals surface area (Å²) in [7, 11) is 0. The van der Waals surface area contributed by atoms with Gasteiger partial charge in [0.25, 0.3) is 0 Å². The van der Waals surface area contributed by atoms with Gasteiger partial charge in [0.1, 0.15) is 54.4 Å². The number of carboxylic acid groups (broad SMARTS) is 2. The second kappa shape index (κ2) is 38.0. The predicted octanol–water partition coefficient (Wildman–Crippen LogP) is -7.49. The molecule has 11 atom stereocenters. The van der Waals surface area contributed by atoms with Crippen molar-refractivity contribution < 1.29 is 77.6 Å². The van der Waals surface area contributed by atoms with E-state index in [9.17, 15) is 77.6 Å². The van der Waals surface area contributed by atoms with Gasteiger partial charge in [-0.05, 0) is 103 Å². The molecule has 0 saturated carbocycles. The number of unbranched alkanes of at least 4 members (excludes halogenated alkanes) is 2. The van der Waals surface area contributed by atoms with Crippen LogP contribution in [-0.4, -0.2) is 203 Å². The van der Waals surface area contributed by atoms with Crippen LogP contribution in [0.1, 0.15) is 118 Å². The number of carbonyl (C=O) groups is 13. The Morgan fingerprint density at radius 3 is 1.59 bits per heavy atom. The first-order valence-corrected chi connectivity index (χ1v) is 27.2. The monoisotopic (exact) mass is 1170 g/mol. The Bertz CT molecular complexity index is 2240. The van der Waals surface area contributed by atoms with Crippen LogP contribution in [0.25, 0.3) is 0 Å². The van der Waals surface area contributed by atoms with Crippen molar-refractivity contribution in [1.82, 2.24) is 52.8 Å². The number of aliphatic hydroxyl groups excluding tert-OH is 1. The number of aliphatic imine (C=N–C) groups is 1. The summed E-state index contributed by atoms with van der Waals surface area (Å²) in [5, 5.41) is 50.8. The number of hydrogen-bond acceptors (Lipinski definition) is 18. The number of aliphatic hydroxyl groups is 1. The Kier molecular flexibility index (Phi) is 33.5. The van der Waals surface area contributed by atoms with Crippen molar-refractivity contribution in [2.45, 2.75) is 178 Å². The SMILES string of the molecule is CC[C@H](C)[C@H](N)C(=O)NCC(=O)N[C@@H](CCCCN)C(=O)N[C@@H](CCC(=O)O)C(=O)N[C@@H](C)C(=O)N[C@@H](CCCN=C(N)N)C(=O)N[C@@H](CCCCN)C(=O)N[C@@H](CO)C(=O)N1CCC[C@H]1C(=O)N[C@@H](CC(N)=O)C(=O)N[C@@H](C)C(=O)O. The molecule has 464 valence electrons. The Labute approximate surface area is 474 Å². The molecule has 1 heterocycles. The second-order valence-electron chi connectivity index (χ2n) is 19.8. The lowest BCUT2D eigenvalue weighted by molar-refractivity contribution is -0.144. The van der Waals surface area contributed by atoms with Crippen molar-refractivity contribution in [3.63, 3.8) is 0 Å². The highest BCUT2D eigenvalue weighted by atomic mass is 16.4. The van der Waals surface area contributed by atoms with E-state index in [-0.39, 0.29) is 83.0 Å². The molecule has 0 spiro atoms. The summed E-state index contributed by atoms with van der Waals surface area (Å²) in [6.45, 7) is 4.73. The number of nitrogens with one attached hydrogen (secondary N) is 9. The molecular formula is C49H87N17O16. The quantitative estimate of drug-likeness (QED) is 0.0154. The molecule has 1 saturated heterocycles. The molecule has 0 aromatic heterocycles. The minimum absolute atomic E-state index is 0.0222. The van der Waals surface area contributed by atoms with Crippen molar-refractivity contribution >= 4 is 82.9 Å². The zero-order chi connectivity index (χ0) is 62.2. The molecule has 33 heteroatoms. The maximum atomic E-state index is 14.1. The third kappa shape index (κ3) is 26.7. The first-order valence-electron chi connectivity index (χ1n) is 27.2. The minimum atomic E-state index is -1.71. The Morgan fingerprint density at radius 1 is 0.598 bits per heavy atom. The summed E-state index contributed by atoms with van der Waals surface area (Å²) in [6.07, 6.45) is 0.222. The number of primary amides is 1. The fourth-order valence-corrected chi connectivity index (χ4v) is 8.11. The van der Waals surface area contributed by atoms with Crippen LogP contribution in [0.15, 0.2) is 4.99 Å². The number of carbonyl (C=O) groups excluding carboxylic acids is 11. The van der Waals surface area contributed by atoms with Gasteiger partial charge in [-0.3, -0.25) is 67.3 Å². The van der Waals surface area contributed by atoms with Crippen LogP contribution in [0.5, 0.6) is 0 Å². The fourth-order valence-electron chi connectivity index (χ4n) is 8.11. The van der Waals surface area contributed by atoms with Gasteiger partial charge < -0.3 is 102 Å². The summed E-state index contributed by atoms with van der Waals surface area (Å²) in [5.74, 6) is -13.4. The molecule has 0 radical (unpaired) electrons. The van der Waals surface area contributed by atoms with Crippen LogP contribution in [0.2, 0.25) is 0 Å². The van der Waals surface area contributed by atoms with Gasteiger partial charge in [0.2, 0.25) is 65.0 Å². The van der Waals surface area contributed by atoms with Gasteiger partial charge in [-0.2, -0.15) is 0 Å². The van der Waals surface area contributed by atoms with Gasteiger partial charge in [-0.1, -0.05) is 20.3 Å². The van der Waals surface area contributed by atoms with Gasteiger partial charge in [-0.25, -0.2) is 0 Å². The summed E-state index contributed by atoms with van der Waals surface area (Å²) in [5.41, 5.74) is 33.5. The molecule has 1 aliphatic heterocycles. The number of aliphatic carboxylic acids is 2. The third-order valence-corrected chi connectivity index (χ3v) is 13.2. The van der Waals surface area contributed by atoms with Gasteiger partial charge >= 0.3 is 11.9 Å². The molecule has 0 aliphatic carbocycles. The first kappa shape index (κ1) is 72.2. The second-order valence-corrected chi connectivity index (χ2v) is 19.8. The number of nitrogens with two attached hydrogens (primary N) is 6. The number of carboxylic acids is 2. The summed E-state index contributed by atoms with van der Waals surface area (Å²) in [4.78, 5) is 175. The lowest BCUT2D eigenvalue weighted by Gasteiger charge is -2.30. The number of hydrogen-bond donors (Lipinski definition) is 18. The van der Waals surface area contributed by atoms with Crippen LogP contribution >= 0.6 is 0 Å². The van der Waals surface area contributed by atoms with E-state index < -0.39 is 170 Å². The van der Waals surface area contributed by atoms with Crippen LogP contribution in [0.4, 0.5) is 0 Å². The van der Waals surface area contributed by atoms with E-state index >= 15 is 0 Å². The molecule has 0 bridgehead atoms. The summed E-state index contributed by atoms with van der Waals surface area (Å²) < 4.78 is 0. The van der Waals surface area contributed by atoms with Gasteiger partial charge in [0, 0.05) is 19.5 Å². The standard InChI is InChI=1S/C49H87N17O16/c1-5-25(2)38(53)46(79)57-23-36(69)60-28(12-6-8-18-50)41(74)63-31(16-17-37(70)71)40(73)58-26(3)39(72)61-30(14-10-20-56-49(54)55)42(75)62-29(13-7-9-19-51)43(76)65-33(24-67)47(80)66-21-11-15-34(66)45(78)64-32(22-35(52)68)44(77)59-27(4)48(81)82/h25-34,38,67H,5-24,50-51,53H2,1-4H3,(H2,52,68)(H,57,79)(H,58,73)(H,59,77)(H,60,69)(H,61,72)(H,62,75)(H,63,74)(H,64,78)(H,65,76)(H,70,71)(H,81,82)(H4,54,55,56)/t25-,26-,27-,28-,29-,30-,31-,32-,33-,34-,38-/m0/s1. The number of guanidine groups is 1. The molecule has 1 fully saturated rings. The third-order valence-electron chi connectivity index (χ3n) is 13.2. The van der Waals surface area contributed by atoms with E-state index in [0.717, 1.165) is 11.8 Å². The molecule has 24 N–H and O–H groups in total. The maximum Gasteiger partial charge on any atom is 0.325 e. The maximum absolute atomic E-state index is 14.1. The van der Waals surface area contributed by atoms with Gasteiger partial charge in [-0.15, -0.1) is 0 Å². The minimum Gasteiger partial charge on any atom is -0.481 e. The molecule has 0 aromatic carbocycles. The van der Waals surface area contributed by atoms with Crippen molar-refractivity contribution in [1.29, 1.82) is 0 Å². The van der Waals surface area contributed by atoms with E-state index in [2.05, 4.69) is 52.8 Å². The summed E-state index contributed by atoms with van der Waals surface area (Å²) in [6, 6.07) is -14.3. The molecular weight excluding hydrogens is 1080 g/mol. The van der Waals surface area contributed by atoms with Crippen LogP contribution in [0, 0.1) is 5.92 Å². The Morgan fingerprint density at radius 2 is 1.09 bits per heavy atom. The van der Waals surface area contributed by atoms with Crippen molar-refractivity contribution in [2.75, 3.05) is 39.3 Å². The van der Waals surface area contributed by atoms with Crippen LogP contribution in [-0.2, 0) is 62.3 Å². The lowest BCUT2D eigenvalue weighted by atomic mass is 9.99. The Balaban J connectivity index is 3.39. The van der Waals surface area contributed by atoms with E-state index in [1.165, 1.54) is 6.92 Å².